The van der Waals surface area contributed by atoms with Gasteiger partial charge in [-0.15, -0.1) is 0 Å². The van der Waals surface area contributed by atoms with Crippen LogP contribution in [0.4, 0.5) is 0 Å². The van der Waals surface area contributed by atoms with Crippen molar-refractivity contribution in [1.82, 2.24) is 24.9 Å². The lowest BCUT2D eigenvalue weighted by atomic mass is 10.2. The van der Waals surface area contributed by atoms with E-state index in [1.165, 1.54) is 5.69 Å². The summed E-state index contributed by atoms with van der Waals surface area (Å²) in [5.74, 6) is 0. The molecule has 5 nitrogen and oxygen atoms in total. The molecule has 0 aliphatic rings. The summed E-state index contributed by atoms with van der Waals surface area (Å²) in [6.07, 6.45) is 3.76. The Morgan fingerprint density at radius 3 is 2.75 bits per heavy atom. The van der Waals surface area contributed by atoms with E-state index >= 15 is 0 Å². The first kappa shape index (κ1) is 10.9. The molecular weight excluding hydrogens is 202 g/mol. The normalized spacial score (nSPS) is 12.9. The standard InChI is InChI=1S/C11H17N5/c1-9(11-5-7-15(2)14-11)12-8-10-4-6-13-16(10)3/h4-7,9,12H,8H2,1-3H3. The van der Waals surface area contributed by atoms with Crippen LogP contribution < -0.4 is 5.32 Å². The third-order valence-corrected chi connectivity index (χ3v) is 2.69. The second kappa shape index (κ2) is 4.49. The lowest BCUT2D eigenvalue weighted by molar-refractivity contribution is 0.531. The van der Waals surface area contributed by atoms with Gasteiger partial charge in [-0.2, -0.15) is 10.2 Å². The van der Waals surface area contributed by atoms with Crippen LogP contribution >= 0.6 is 0 Å². The van der Waals surface area contributed by atoms with E-state index in [1.807, 2.05) is 48.0 Å². The van der Waals surface area contributed by atoms with Crippen LogP contribution in [-0.4, -0.2) is 19.6 Å². The highest BCUT2D eigenvalue weighted by Crippen LogP contribution is 2.09. The highest BCUT2D eigenvalue weighted by molar-refractivity contribution is 5.05. The summed E-state index contributed by atoms with van der Waals surface area (Å²) >= 11 is 0. The molecule has 2 aromatic rings. The second-order valence-electron chi connectivity index (χ2n) is 3.96. The topological polar surface area (TPSA) is 47.7 Å². The molecule has 2 rings (SSSR count). The predicted octanol–water partition coefficient (Wildman–Crippen LogP) is 1.00. The molecule has 1 N–H and O–H groups in total. The van der Waals surface area contributed by atoms with Gasteiger partial charge in [0.1, 0.15) is 0 Å². The van der Waals surface area contributed by atoms with E-state index in [0.29, 0.717) is 0 Å². The summed E-state index contributed by atoms with van der Waals surface area (Å²) in [5.41, 5.74) is 2.23. The minimum absolute atomic E-state index is 0.246. The summed E-state index contributed by atoms with van der Waals surface area (Å²) in [4.78, 5) is 0. The molecule has 2 heterocycles. The Morgan fingerprint density at radius 2 is 2.19 bits per heavy atom. The van der Waals surface area contributed by atoms with Gasteiger partial charge in [-0.05, 0) is 19.1 Å². The Morgan fingerprint density at radius 1 is 1.38 bits per heavy atom. The number of rotatable bonds is 4. The Hall–Kier alpha value is -1.62. The third-order valence-electron chi connectivity index (χ3n) is 2.69. The van der Waals surface area contributed by atoms with Crippen molar-refractivity contribution in [2.24, 2.45) is 14.1 Å². The molecule has 2 aromatic heterocycles. The molecule has 86 valence electrons. The van der Waals surface area contributed by atoms with Crippen molar-refractivity contribution >= 4 is 0 Å². The summed E-state index contributed by atoms with van der Waals surface area (Å²) < 4.78 is 3.69. The van der Waals surface area contributed by atoms with Gasteiger partial charge in [-0.1, -0.05) is 0 Å². The van der Waals surface area contributed by atoms with E-state index < -0.39 is 0 Å². The van der Waals surface area contributed by atoms with E-state index in [-0.39, 0.29) is 6.04 Å². The van der Waals surface area contributed by atoms with Gasteiger partial charge in [0, 0.05) is 39.1 Å². The number of hydrogen-bond acceptors (Lipinski definition) is 3. The van der Waals surface area contributed by atoms with E-state index in [0.717, 1.165) is 12.2 Å². The van der Waals surface area contributed by atoms with Crippen molar-refractivity contribution in [3.63, 3.8) is 0 Å². The maximum atomic E-state index is 4.36. The molecule has 16 heavy (non-hydrogen) atoms. The number of nitrogens with zero attached hydrogens (tertiary/aromatic N) is 4. The van der Waals surface area contributed by atoms with Gasteiger partial charge in [0.15, 0.2) is 0 Å². The Labute approximate surface area is 95.1 Å². The maximum absolute atomic E-state index is 4.36. The van der Waals surface area contributed by atoms with Crippen molar-refractivity contribution in [3.8, 4) is 0 Å². The second-order valence-corrected chi connectivity index (χ2v) is 3.96. The number of aryl methyl sites for hydroxylation is 2. The number of nitrogens with one attached hydrogen (secondary N) is 1. The van der Waals surface area contributed by atoms with Crippen molar-refractivity contribution < 1.29 is 0 Å². The van der Waals surface area contributed by atoms with Crippen molar-refractivity contribution in [1.29, 1.82) is 0 Å². The molecule has 0 aliphatic carbocycles. The van der Waals surface area contributed by atoms with Gasteiger partial charge >= 0.3 is 0 Å². The van der Waals surface area contributed by atoms with Crippen LogP contribution in [0.2, 0.25) is 0 Å². The van der Waals surface area contributed by atoms with Crippen LogP contribution in [0.5, 0.6) is 0 Å². The van der Waals surface area contributed by atoms with Gasteiger partial charge < -0.3 is 5.32 Å². The van der Waals surface area contributed by atoms with Gasteiger partial charge in [-0.25, -0.2) is 0 Å². The third kappa shape index (κ3) is 2.30. The number of hydrogen-bond donors (Lipinski definition) is 1. The zero-order valence-electron chi connectivity index (χ0n) is 9.88. The van der Waals surface area contributed by atoms with Crippen molar-refractivity contribution in [2.75, 3.05) is 0 Å². The molecule has 0 radical (unpaired) electrons. The molecule has 0 amide bonds. The maximum Gasteiger partial charge on any atom is 0.0791 e. The first-order chi connectivity index (χ1) is 7.66. The van der Waals surface area contributed by atoms with Crippen LogP contribution in [0.15, 0.2) is 24.5 Å². The van der Waals surface area contributed by atoms with Crippen LogP contribution in [-0.2, 0) is 20.6 Å². The lowest BCUT2D eigenvalue weighted by Gasteiger charge is -2.11. The highest BCUT2D eigenvalue weighted by Gasteiger charge is 2.08. The summed E-state index contributed by atoms with van der Waals surface area (Å²) in [6.45, 7) is 2.91. The summed E-state index contributed by atoms with van der Waals surface area (Å²) in [7, 11) is 3.87. The Kier molecular flexibility index (Phi) is 3.05. The van der Waals surface area contributed by atoms with E-state index in [1.54, 1.807) is 0 Å². The van der Waals surface area contributed by atoms with Crippen molar-refractivity contribution in [2.45, 2.75) is 19.5 Å². The highest BCUT2D eigenvalue weighted by atomic mass is 15.3. The van der Waals surface area contributed by atoms with Crippen LogP contribution in [0.1, 0.15) is 24.4 Å². The molecule has 1 unspecified atom stereocenters. The smallest absolute Gasteiger partial charge is 0.0791 e. The molecule has 0 bridgehead atoms. The molecule has 0 spiro atoms. The first-order valence-corrected chi connectivity index (χ1v) is 5.36. The van der Waals surface area contributed by atoms with E-state index in [9.17, 15) is 0 Å². The van der Waals surface area contributed by atoms with Crippen molar-refractivity contribution in [3.05, 3.63) is 35.9 Å². The zero-order chi connectivity index (χ0) is 11.5. The fourth-order valence-corrected chi connectivity index (χ4v) is 1.60. The Balaban J connectivity index is 1.93. The molecule has 0 fully saturated rings. The fraction of sp³-hybridized carbons (Fsp3) is 0.455. The van der Waals surface area contributed by atoms with E-state index in [2.05, 4.69) is 22.4 Å². The minimum atomic E-state index is 0.246. The SMILES string of the molecule is CC(NCc1ccnn1C)c1ccn(C)n1. The molecular formula is C11H17N5. The Bertz CT molecular complexity index is 456. The number of aromatic nitrogens is 4. The lowest BCUT2D eigenvalue weighted by Crippen LogP contribution is -2.20. The average molecular weight is 219 g/mol. The molecule has 0 saturated carbocycles. The predicted molar refractivity (Wildman–Crippen MR) is 61.7 cm³/mol. The van der Waals surface area contributed by atoms with E-state index in [4.69, 9.17) is 0 Å². The largest absolute Gasteiger partial charge is 0.303 e. The monoisotopic (exact) mass is 219 g/mol. The molecule has 5 heteroatoms. The molecule has 0 saturated heterocycles. The van der Waals surface area contributed by atoms with Crippen LogP contribution in [0.25, 0.3) is 0 Å². The molecule has 1 atom stereocenters. The fourth-order valence-electron chi connectivity index (χ4n) is 1.60. The molecule has 0 aromatic carbocycles. The van der Waals surface area contributed by atoms with Crippen LogP contribution in [0.3, 0.4) is 0 Å². The van der Waals surface area contributed by atoms with Gasteiger partial charge in [0.2, 0.25) is 0 Å². The van der Waals surface area contributed by atoms with Gasteiger partial charge in [-0.3, -0.25) is 9.36 Å². The molecule has 0 aliphatic heterocycles. The van der Waals surface area contributed by atoms with Gasteiger partial charge in [0.25, 0.3) is 0 Å². The zero-order valence-corrected chi connectivity index (χ0v) is 9.88. The van der Waals surface area contributed by atoms with Crippen LogP contribution in [0, 0.1) is 0 Å². The summed E-state index contributed by atoms with van der Waals surface area (Å²) in [5, 5.41) is 11.9. The van der Waals surface area contributed by atoms with Gasteiger partial charge in [0.05, 0.1) is 11.4 Å². The summed E-state index contributed by atoms with van der Waals surface area (Å²) in [6, 6.07) is 4.29. The average Bonchev–Trinajstić information content (AvgIpc) is 2.84. The first-order valence-electron chi connectivity index (χ1n) is 5.36. The minimum Gasteiger partial charge on any atom is -0.303 e. The quantitative estimate of drug-likeness (QED) is 0.834.